The van der Waals surface area contributed by atoms with Crippen molar-refractivity contribution in [1.29, 1.82) is 0 Å². The maximum absolute atomic E-state index is 4.71. The van der Waals surface area contributed by atoms with Crippen LogP contribution in [0.3, 0.4) is 0 Å². The van der Waals surface area contributed by atoms with Gasteiger partial charge in [-0.3, -0.25) is 0 Å². The Morgan fingerprint density at radius 3 is 2.59 bits per heavy atom. The van der Waals surface area contributed by atoms with Crippen molar-refractivity contribution in [3.63, 3.8) is 0 Å². The van der Waals surface area contributed by atoms with Crippen molar-refractivity contribution in [2.24, 2.45) is 11.3 Å². The van der Waals surface area contributed by atoms with Crippen LogP contribution in [0.25, 0.3) is 10.2 Å². The lowest BCUT2D eigenvalue weighted by atomic mass is 9.80. The summed E-state index contributed by atoms with van der Waals surface area (Å²) in [5.74, 6) is 0.628. The maximum atomic E-state index is 4.71. The Bertz CT molecular complexity index is 465. The molecule has 17 heavy (non-hydrogen) atoms. The second kappa shape index (κ2) is 5.07. The average Bonchev–Trinajstić information content (AvgIpc) is 2.66. The van der Waals surface area contributed by atoms with Crippen molar-refractivity contribution in [2.45, 2.75) is 27.2 Å². The minimum Gasteiger partial charge on any atom is -0.241 e. The number of fused-ring (bicyclic) bond motifs is 1. The third-order valence-electron chi connectivity index (χ3n) is 3.17. The fourth-order valence-corrected chi connectivity index (χ4v) is 4.06. The van der Waals surface area contributed by atoms with Crippen molar-refractivity contribution in [3.05, 3.63) is 29.3 Å². The van der Waals surface area contributed by atoms with Gasteiger partial charge in [-0.2, -0.15) is 0 Å². The minimum atomic E-state index is 0.321. The second-order valence-corrected chi connectivity index (χ2v) is 7.26. The molecule has 1 aromatic carbocycles. The molecule has 1 unspecified atom stereocenters. The van der Waals surface area contributed by atoms with E-state index in [1.165, 1.54) is 9.71 Å². The Kier molecular flexibility index (Phi) is 3.88. The largest absolute Gasteiger partial charge is 0.241 e. The molecule has 0 fully saturated rings. The van der Waals surface area contributed by atoms with Gasteiger partial charge in [-0.05, 0) is 23.5 Å². The molecular weight excluding hydrogens is 294 g/mol. The summed E-state index contributed by atoms with van der Waals surface area (Å²) in [4.78, 5) is 4.71. The lowest BCUT2D eigenvalue weighted by molar-refractivity contribution is 0.266. The van der Waals surface area contributed by atoms with E-state index in [4.69, 9.17) is 4.98 Å². The highest BCUT2D eigenvalue weighted by Gasteiger charge is 2.24. The molecule has 0 aliphatic rings. The van der Waals surface area contributed by atoms with Gasteiger partial charge in [-0.1, -0.05) is 48.8 Å². The zero-order chi connectivity index (χ0) is 12.5. The third kappa shape index (κ3) is 3.08. The summed E-state index contributed by atoms with van der Waals surface area (Å²) in [5.41, 5.74) is 1.45. The molecule has 2 aromatic rings. The lowest BCUT2D eigenvalue weighted by Gasteiger charge is -2.28. The number of para-hydroxylation sites is 1. The first-order valence-electron chi connectivity index (χ1n) is 5.91. The zero-order valence-electron chi connectivity index (χ0n) is 10.5. The fourth-order valence-electron chi connectivity index (χ4n) is 1.81. The van der Waals surface area contributed by atoms with Gasteiger partial charge in [0.25, 0.3) is 0 Å². The van der Waals surface area contributed by atoms with Gasteiger partial charge in [-0.25, -0.2) is 4.98 Å². The number of hydrogen-bond acceptors (Lipinski definition) is 2. The molecule has 1 atom stereocenters. The van der Waals surface area contributed by atoms with Crippen molar-refractivity contribution in [3.8, 4) is 0 Å². The number of hydrogen-bond donors (Lipinski definition) is 0. The molecule has 0 saturated carbocycles. The van der Waals surface area contributed by atoms with E-state index in [-0.39, 0.29) is 0 Å². The third-order valence-corrected chi connectivity index (χ3v) is 5.01. The number of aromatic nitrogens is 1. The van der Waals surface area contributed by atoms with Crippen LogP contribution in [0.2, 0.25) is 0 Å². The van der Waals surface area contributed by atoms with Crippen LogP contribution < -0.4 is 0 Å². The fraction of sp³-hybridized carbons (Fsp3) is 0.500. The van der Waals surface area contributed by atoms with Crippen molar-refractivity contribution < 1.29 is 0 Å². The van der Waals surface area contributed by atoms with E-state index < -0.39 is 0 Å². The molecule has 0 amide bonds. The normalized spacial score (nSPS) is 14.1. The predicted molar refractivity (Wildman–Crippen MR) is 80.1 cm³/mol. The van der Waals surface area contributed by atoms with Crippen LogP contribution in [0, 0.1) is 11.3 Å². The Balaban J connectivity index is 2.23. The molecule has 0 saturated heterocycles. The van der Waals surface area contributed by atoms with Gasteiger partial charge in [0.2, 0.25) is 0 Å². The van der Waals surface area contributed by atoms with Gasteiger partial charge in [0.1, 0.15) is 0 Å². The van der Waals surface area contributed by atoms with E-state index in [2.05, 4.69) is 61.0 Å². The zero-order valence-corrected chi connectivity index (χ0v) is 12.9. The highest BCUT2D eigenvalue weighted by Crippen LogP contribution is 2.32. The molecule has 0 aliphatic carbocycles. The summed E-state index contributed by atoms with van der Waals surface area (Å²) in [7, 11) is 0. The van der Waals surface area contributed by atoms with Crippen molar-refractivity contribution >= 4 is 37.5 Å². The standard InChI is InChI=1S/C14H18BrNS/c1-14(2,3)10(9-15)8-13-16-11-6-4-5-7-12(11)17-13/h4-7,10H,8-9H2,1-3H3. The average molecular weight is 312 g/mol. The first kappa shape index (κ1) is 13.0. The van der Waals surface area contributed by atoms with Gasteiger partial charge in [0.15, 0.2) is 0 Å². The number of halogens is 1. The molecule has 0 spiro atoms. The molecule has 1 aromatic heterocycles. The van der Waals surface area contributed by atoms with E-state index in [0.717, 1.165) is 17.3 Å². The number of benzene rings is 1. The molecule has 3 heteroatoms. The number of nitrogens with zero attached hydrogens (tertiary/aromatic N) is 1. The summed E-state index contributed by atoms with van der Waals surface area (Å²) >= 11 is 5.45. The molecule has 2 rings (SSSR count). The van der Waals surface area contributed by atoms with Crippen molar-refractivity contribution in [2.75, 3.05) is 5.33 Å². The quantitative estimate of drug-likeness (QED) is 0.735. The molecule has 0 bridgehead atoms. The predicted octanol–water partition coefficient (Wildman–Crippen LogP) is 4.90. The number of thiazole rings is 1. The summed E-state index contributed by atoms with van der Waals surface area (Å²) in [6.45, 7) is 6.89. The summed E-state index contributed by atoms with van der Waals surface area (Å²) < 4.78 is 1.30. The molecule has 92 valence electrons. The summed E-state index contributed by atoms with van der Waals surface area (Å²) in [6.07, 6.45) is 1.06. The lowest BCUT2D eigenvalue weighted by Crippen LogP contribution is -2.23. The van der Waals surface area contributed by atoms with Gasteiger partial charge in [0.05, 0.1) is 15.2 Å². The summed E-state index contributed by atoms with van der Waals surface area (Å²) in [5, 5.41) is 2.29. The highest BCUT2D eigenvalue weighted by molar-refractivity contribution is 9.09. The molecule has 1 nitrogen and oxygen atoms in total. The van der Waals surface area contributed by atoms with E-state index in [1.54, 1.807) is 0 Å². The number of rotatable bonds is 3. The van der Waals surface area contributed by atoms with Crippen LogP contribution in [-0.2, 0) is 6.42 Å². The van der Waals surface area contributed by atoms with Crippen molar-refractivity contribution in [1.82, 2.24) is 4.98 Å². The Labute approximate surface area is 115 Å². The van der Waals surface area contributed by atoms with E-state index in [1.807, 2.05) is 11.3 Å². The van der Waals surface area contributed by atoms with Crippen LogP contribution in [0.4, 0.5) is 0 Å². The monoisotopic (exact) mass is 311 g/mol. The highest BCUT2D eigenvalue weighted by atomic mass is 79.9. The smallest absolute Gasteiger partial charge is 0.0941 e. The van der Waals surface area contributed by atoms with Crippen LogP contribution in [0.1, 0.15) is 25.8 Å². The Morgan fingerprint density at radius 1 is 1.29 bits per heavy atom. The molecule has 0 radical (unpaired) electrons. The van der Waals surface area contributed by atoms with Crippen LogP contribution in [0.5, 0.6) is 0 Å². The second-order valence-electron chi connectivity index (χ2n) is 5.50. The van der Waals surface area contributed by atoms with Crippen LogP contribution in [0.15, 0.2) is 24.3 Å². The topological polar surface area (TPSA) is 12.9 Å². The van der Waals surface area contributed by atoms with Gasteiger partial charge in [-0.15, -0.1) is 11.3 Å². The maximum Gasteiger partial charge on any atom is 0.0941 e. The van der Waals surface area contributed by atoms with Gasteiger partial charge in [0, 0.05) is 11.8 Å². The molecule has 1 heterocycles. The van der Waals surface area contributed by atoms with Crippen LogP contribution >= 0.6 is 27.3 Å². The Morgan fingerprint density at radius 2 is 2.00 bits per heavy atom. The molecule has 0 aliphatic heterocycles. The van der Waals surface area contributed by atoms with E-state index in [0.29, 0.717) is 11.3 Å². The Hall–Kier alpha value is -0.410. The van der Waals surface area contributed by atoms with Gasteiger partial charge >= 0.3 is 0 Å². The number of alkyl halides is 1. The summed E-state index contributed by atoms with van der Waals surface area (Å²) in [6, 6.07) is 8.37. The van der Waals surface area contributed by atoms with E-state index >= 15 is 0 Å². The first-order valence-corrected chi connectivity index (χ1v) is 7.85. The first-order chi connectivity index (χ1) is 8.00. The minimum absolute atomic E-state index is 0.321. The molecule has 0 N–H and O–H groups in total. The van der Waals surface area contributed by atoms with Gasteiger partial charge < -0.3 is 0 Å². The molecular formula is C14H18BrNS. The van der Waals surface area contributed by atoms with E-state index in [9.17, 15) is 0 Å². The SMILES string of the molecule is CC(C)(C)C(CBr)Cc1nc2ccccc2s1. The van der Waals surface area contributed by atoms with Crippen LogP contribution in [-0.4, -0.2) is 10.3 Å².